The van der Waals surface area contributed by atoms with E-state index in [1.165, 1.54) is 18.8 Å². The molecule has 0 aliphatic heterocycles. The van der Waals surface area contributed by atoms with E-state index in [0.717, 1.165) is 17.2 Å². The summed E-state index contributed by atoms with van der Waals surface area (Å²) in [5.41, 5.74) is 0.110. The summed E-state index contributed by atoms with van der Waals surface area (Å²) in [6, 6.07) is 0. The molecule has 1 N–H and O–H groups in total. The summed E-state index contributed by atoms with van der Waals surface area (Å²) >= 11 is 1.53. The number of carbonyl (C=O) groups excluding carboxylic acids is 1. The first-order valence-electron chi connectivity index (χ1n) is 5.08. The largest absolute Gasteiger partial charge is 0.433 e. The van der Waals surface area contributed by atoms with Gasteiger partial charge in [0.25, 0.3) is 0 Å². The zero-order valence-corrected chi connectivity index (χ0v) is 11.2. The number of nitrogens with one attached hydrogen (secondary N) is 1. The first-order valence-corrected chi connectivity index (χ1v) is 6.07. The molecule has 4 nitrogen and oxygen atoms in total. The molecule has 1 amide bonds. The lowest BCUT2D eigenvalue weighted by Gasteiger charge is -2.18. The van der Waals surface area contributed by atoms with Crippen LogP contribution in [0.25, 0.3) is 0 Å². The van der Waals surface area contributed by atoms with E-state index in [9.17, 15) is 4.79 Å². The van der Waals surface area contributed by atoms with Crippen LogP contribution in [0.2, 0.25) is 0 Å². The fraction of sp³-hybridized carbons (Fsp3) is 0.636. The minimum Gasteiger partial charge on any atom is -0.323 e. The molecule has 0 saturated heterocycles. The van der Waals surface area contributed by atoms with Crippen LogP contribution in [0, 0.1) is 5.41 Å². The van der Waals surface area contributed by atoms with Gasteiger partial charge in [-0.2, -0.15) is 0 Å². The molecular weight excluding hydrogens is 224 g/mol. The summed E-state index contributed by atoms with van der Waals surface area (Å²) < 4.78 is 0. The quantitative estimate of drug-likeness (QED) is 0.272. The Hall–Kier alpha value is -0.970. The topological polar surface area (TPSA) is 50.7 Å². The smallest absolute Gasteiger partial charge is 0.323 e. The minimum absolute atomic E-state index is 0.110. The Labute approximate surface area is 101 Å². The molecule has 0 aromatic carbocycles. The number of oxime groups is 1. The summed E-state index contributed by atoms with van der Waals surface area (Å²) in [6.07, 6.45) is 2.01. The van der Waals surface area contributed by atoms with Crippen molar-refractivity contribution in [2.24, 2.45) is 10.6 Å². The highest BCUT2D eigenvalue weighted by Crippen LogP contribution is 2.24. The first kappa shape index (κ1) is 15.0. The van der Waals surface area contributed by atoms with Crippen molar-refractivity contribution in [3.05, 3.63) is 12.7 Å². The van der Waals surface area contributed by atoms with Gasteiger partial charge in [0.15, 0.2) is 0 Å². The molecule has 0 aliphatic rings. The Bertz CT molecular complexity index is 270. The van der Waals surface area contributed by atoms with E-state index in [2.05, 4.69) is 42.7 Å². The number of nitrogens with zero attached hydrogens (tertiary/aromatic N) is 1. The van der Waals surface area contributed by atoms with Gasteiger partial charge in [0.05, 0.1) is 0 Å². The number of hydrogen-bond acceptors (Lipinski definition) is 4. The number of amides is 1. The average molecular weight is 244 g/mol. The second-order valence-electron chi connectivity index (χ2n) is 4.45. The second-order valence-corrected chi connectivity index (χ2v) is 5.54. The summed E-state index contributed by atoms with van der Waals surface area (Å²) in [5, 5.41) is 6.98. The van der Waals surface area contributed by atoms with Crippen LogP contribution in [-0.2, 0) is 4.84 Å². The van der Waals surface area contributed by atoms with Gasteiger partial charge in [-0.15, -0.1) is 18.3 Å². The standard InChI is InChI=1S/C11H20N2O2S/c1-6-7-16-9(8-11(2,3)4)13-15-10(14)12-5/h6H,1,7-8H2,2-5H3,(H,12,14). The number of hydrogen-bond donors (Lipinski definition) is 1. The van der Waals surface area contributed by atoms with Crippen LogP contribution in [0.4, 0.5) is 4.79 Å². The summed E-state index contributed by atoms with van der Waals surface area (Å²) in [4.78, 5) is 15.6. The highest BCUT2D eigenvalue weighted by molar-refractivity contribution is 8.14. The molecule has 0 atom stereocenters. The molecule has 0 bridgehead atoms. The molecule has 0 unspecified atom stereocenters. The molecule has 0 aromatic rings. The van der Waals surface area contributed by atoms with E-state index in [-0.39, 0.29) is 5.41 Å². The third-order valence-corrected chi connectivity index (χ3v) is 2.44. The molecule has 0 aliphatic carbocycles. The highest BCUT2D eigenvalue weighted by atomic mass is 32.2. The Kier molecular flexibility index (Phi) is 6.88. The van der Waals surface area contributed by atoms with Crippen LogP contribution >= 0.6 is 11.8 Å². The molecule has 0 fully saturated rings. The lowest BCUT2D eigenvalue weighted by Crippen LogP contribution is -2.18. The molecule has 5 heteroatoms. The van der Waals surface area contributed by atoms with Crippen molar-refractivity contribution in [3.8, 4) is 0 Å². The average Bonchev–Trinajstić information content (AvgIpc) is 2.19. The van der Waals surface area contributed by atoms with E-state index in [1.54, 1.807) is 6.08 Å². The van der Waals surface area contributed by atoms with Gasteiger partial charge in [0, 0.05) is 19.2 Å². The van der Waals surface area contributed by atoms with Gasteiger partial charge in [-0.3, -0.25) is 4.84 Å². The third-order valence-electron chi connectivity index (χ3n) is 1.48. The van der Waals surface area contributed by atoms with E-state index < -0.39 is 6.09 Å². The third kappa shape index (κ3) is 8.35. The SMILES string of the molecule is C=CCSC(CC(C)(C)C)=NOC(=O)NC. The lowest BCUT2D eigenvalue weighted by molar-refractivity contribution is 0.153. The number of thioether (sulfide) groups is 1. The Morgan fingerprint density at radius 3 is 2.62 bits per heavy atom. The van der Waals surface area contributed by atoms with Gasteiger partial charge in [-0.25, -0.2) is 4.79 Å². The number of rotatable bonds is 4. The van der Waals surface area contributed by atoms with Crippen LogP contribution in [-0.4, -0.2) is 23.9 Å². The normalized spacial score (nSPS) is 12.1. The predicted molar refractivity (Wildman–Crippen MR) is 69.7 cm³/mol. The molecule has 0 radical (unpaired) electrons. The maximum Gasteiger partial charge on any atom is 0.433 e. The van der Waals surface area contributed by atoms with Crippen molar-refractivity contribution in [2.75, 3.05) is 12.8 Å². The van der Waals surface area contributed by atoms with Crippen molar-refractivity contribution in [1.29, 1.82) is 0 Å². The Morgan fingerprint density at radius 2 is 2.19 bits per heavy atom. The van der Waals surface area contributed by atoms with Gasteiger partial charge in [-0.05, 0) is 5.41 Å². The first-order chi connectivity index (χ1) is 7.39. The van der Waals surface area contributed by atoms with Crippen molar-refractivity contribution < 1.29 is 9.63 Å². The van der Waals surface area contributed by atoms with Gasteiger partial charge < -0.3 is 5.32 Å². The van der Waals surface area contributed by atoms with Gasteiger partial charge in [0.1, 0.15) is 5.04 Å². The van der Waals surface area contributed by atoms with E-state index in [1.807, 2.05) is 0 Å². The van der Waals surface area contributed by atoms with Crippen molar-refractivity contribution in [1.82, 2.24) is 5.32 Å². The zero-order chi connectivity index (χ0) is 12.6. The van der Waals surface area contributed by atoms with Crippen LogP contribution in [0.3, 0.4) is 0 Å². The van der Waals surface area contributed by atoms with Crippen LogP contribution in [0.5, 0.6) is 0 Å². The van der Waals surface area contributed by atoms with Crippen LogP contribution in [0.15, 0.2) is 17.8 Å². The molecule has 0 spiro atoms. The minimum atomic E-state index is -0.550. The molecule has 0 heterocycles. The predicted octanol–water partition coefficient (Wildman–Crippen LogP) is 3.01. The number of carbonyl (C=O) groups is 1. The highest BCUT2D eigenvalue weighted by Gasteiger charge is 2.15. The van der Waals surface area contributed by atoms with Crippen molar-refractivity contribution in [2.45, 2.75) is 27.2 Å². The maximum atomic E-state index is 10.9. The van der Waals surface area contributed by atoms with Gasteiger partial charge in [-0.1, -0.05) is 32.0 Å². The molecule has 16 heavy (non-hydrogen) atoms. The van der Waals surface area contributed by atoms with Crippen LogP contribution in [0.1, 0.15) is 27.2 Å². The summed E-state index contributed by atoms with van der Waals surface area (Å²) in [6.45, 7) is 9.97. The van der Waals surface area contributed by atoms with Crippen molar-refractivity contribution >= 4 is 22.9 Å². The van der Waals surface area contributed by atoms with Crippen LogP contribution < -0.4 is 5.32 Å². The van der Waals surface area contributed by atoms with E-state index >= 15 is 0 Å². The van der Waals surface area contributed by atoms with E-state index in [4.69, 9.17) is 0 Å². The molecular formula is C11H20N2O2S. The maximum absolute atomic E-state index is 10.9. The lowest BCUT2D eigenvalue weighted by atomic mass is 9.93. The summed E-state index contributed by atoms with van der Waals surface area (Å²) in [7, 11) is 1.50. The fourth-order valence-electron chi connectivity index (χ4n) is 0.856. The van der Waals surface area contributed by atoms with Crippen molar-refractivity contribution in [3.63, 3.8) is 0 Å². The zero-order valence-electron chi connectivity index (χ0n) is 10.4. The fourth-order valence-corrected chi connectivity index (χ4v) is 1.79. The monoisotopic (exact) mass is 244 g/mol. The Morgan fingerprint density at radius 1 is 1.56 bits per heavy atom. The second kappa shape index (κ2) is 7.33. The van der Waals surface area contributed by atoms with E-state index in [0.29, 0.717) is 0 Å². The Balaban J connectivity index is 4.40. The molecule has 0 rings (SSSR count). The molecule has 92 valence electrons. The van der Waals surface area contributed by atoms with Gasteiger partial charge >= 0.3 is 6.09 Å². The molecule has 0 saturated carbocycles. The summed E-state index contributed by atoms with van der Waals surface area (Å²) in [5.74, 6) is 0.756. The van der Waals surface area contributed by atoms with Gasteiger partial charge in [0.2, 0.25) is 0 Å². The molecule has 0 aromatic heterocycles.